The zero-order valence-electron chi connectivity index (χ0n) is 20.2. The average molecular weight is 596 g/mol. The third-order valence-corrected chi connectivity index (χ3v) is 6.52. The fourth-order valence-corrected chi connectivity index (χ4v) is 4.33. The number of hydrogen-bond donors (Lipinski definition) is 3. The van der Waals surface area contributed by atoms with Gasteiger partial charge in [0.1, 0.15) is 17.6 Å². The number of carbonyl (C=O) groups excluding carboxylic acids is 2. The van der Waals surface area contributed by atoms with E-state index in [0.29, 0.717) is 27.8 Å². The molecule has 0 spiro atoms. The minimum atomic E-state index is -0.925. The Bertz CT molecular complexity index is 1380. The molecule has 0 saturated heterocycles. The molecule has 9 heteroatoms. The van der Waals surface area contributed by atoms with E-state index in [2.05, 4.69) is 33.9 Å². The van der Waals surface area contributed by atoms with E-state index in [0.717, 1.165) is 4.47 Å². The van der Waals surface area contributed by atoms with Crippen LogP contribution in [0.1, 0.15) is 18.1 Å². The number of para-hydroxylation sites is 1. The highest BCUT2D eigenvalue weighted by atomic mass is 79.9. The summed E-state index contributed by atoms with van der Waals surface area (Å²) in [7, 11) is 0. The summed E-state index contributed by atoms with van der Waals surface area (Å²) < 4.78 is 18.5. The van der Waals surface area contributed by atoms with Crippen LogP contribution in [0.15, 0.2) is 95.5 Å². The maximum absolute atomic E-state index is 13.1. The largest absolute Gasteiger partial charge is 0.507 e. The zero-order chi connectivity index (χ0) is 26.9. The number of hydrogen-bond acceptors (Lipinski definition) is 7. The number of esters is 1. The van der Waals surface area contributed by atoms with Crippen molar-refractivity contribution < 1.29 is 28.9 Å². The smallest absolute Gasteiger partial charge is 0.412 e. The van der Waals surface area contributed by atoms with Gasteiger partial charge in [-0.25, -0.2) is 4.79 Å². The molecule has 0 aliphatic heterocycles. The van der Waals surface area contributed by atoms with Crippen LogP contribution in [-0.2, 0) is 14.3 Å². The molecule has 4 rings (SSSR count). The molecule has 2 atom stereocenters. The van der Waals surface area contributed by atoms with E-state index in [9.17, 15) is 14.7 Å². The highest BCUT2D eigenvalue weighted by Crippen LogP contribution is 2.36. The first kappa shape index (κ1) is 27.3. The van der Waals surface area contributed by atoms with Crippen molar-refractivity contribution in [2.24, 2.45) is 0 Å². The van der Waals surface area contributed by atoms with Crippen LogP contribution >= 0.6 is 28.6 Å². The van der Waals surface area contributed by atoms with Gasteiger partial charge in [0.15, 0.2) is 6.10 Å². The summed E-state index contributed by atoms with van der Waals surface area (Å²) in [4.78, 5) is 24.9. The Balaban J connectivity index is 1.71. The van der Waals surface area contributed by atoms with Gasteiger partial charge < -0.3 is 19.3 Å². The van der Waals surface area contributed by atoms with Crippen molar-refractivity contribution in [3.63, 3.8) is 0 Å². The first-order valence-electron chi connectivity index (χ1n) is 11.9. The summed E-state index contributed by atoms with van der Waals surface area (Å²) in [5, 5.41) is 14.5. The summed E-state index contributed by atoms with van der Waals surface area (Å²) >= 11 is 7.34. The van der Waals surface area contributed by atoms with Gasteiger partial charge in [-0.2, -0.15) is 12.6 Å². The minimum absolute atomic E-state index is 0.0289. The van der Waals surface area contributed by atoms with Gasteiger partial charge in [0.2, 0.25) is 0 Å². The van der Waals surface area contributed by atoms with Gasteiger partial charge in [-0.1, -0.05) is 64.5 Å². The second kappa shape index (κ2) is 13.2. The molecule has 1 amide bonds. The number of thiol groups is 1. The predicted molar refractivity (Wildman–Crippen MR) is 153 cm³/mol. The SMILES string of the molecule is O=C(CS)OCC[C@@H](Oc1ccccc1)[C@H](OC(=O)Nc1ccc(Br)cc1)c1ccc(O)c2ccccc12. The first-order chi connectivity index (χ1) is 18.4. The second-order valence-electron chi connectivity index (χ2n) is 8.31. The summed E-state index contributed by atoms with van der Waals surface area (Å²) in [6.07, 6.45) is -2.14. The molecule has 0 heterocycles. The highest BCUT2D eigenvalue weighted by molar-refractivity contribution is 9.10. The normalized spacial score (nSPS) is 12.4. The lowest BCUT2D eigenvalue weighted by atomic mass is 9.95. The van der Waals surface area contributed by atoms with Crippen molar-refractivity contribution in [2.75, 3.05) is 17.7 Å². The van der Waals surface area contributed by atoms with E-state index in [1.54, 1.807) is 54.6 Å². The molecule has 0 aliphatic rings. The molecule has 4 aromatic carbocycles. The Morgan fingerprint density at radius 2 is 1.58 bits per heavy atom. The number of fused-ring (bicyclic) bond motifs is 1. The van der Waals surface area contributed by atoms with Crippen LogP contribution in [-0.4, -0.2) is 35.6 Å². The lowest BCUT2D eigenvalue weighted by Crippen LogP contribution is -2.32. The Labute approximate surface area is 234 Å². The number of ether oxygens (including phenoxy) is 3. The topological polar surface area (TPSA) is 94.1 Å². The highest BCUT2D eigenvalue weighted by Gasteiger charge is 2.31. The number of phenols is 1. The lowest BCUT2D eigenvalue weighted by molar-refractivity contribution is -0.141. The molecule has 4 aromatic rings. The summed E-state index contributed by atoms with van der Waals surface area (Å²) in [6.45, 7) is 0.0289. The number of aromatic hydroxyl groups is 1. The molecular formula is C29H26BrNO6S. The second-order valence-corrected chi connectivity index (χ2v) is 9.55. The molecule has 0 bridgehead atoms. The summed E-state index contributed by atoms with van der Waals surface area (Å²) in [6, 6.07) is 26.7. The summed E-state index contributed by atoms with van der Waals surface area (Å²) in [5.41, 5.74) is 1.18. The predicted octanol–water partition coefficient (Wildman–Crippen LogP) is 6.91. The molecular weight excluding hydrogens is 570 g/mol. The lowest BCUT2D eigenvalue weighted by Gasteiger charge is -2.29. The quantitative estimate of drug-likeness (QED) is 0.136. The molecule has 0 saturated carbocycles. The van der Waals surface area contributed by atoms with Crippen molar-refractivity contribution in [3.8, 4) is 11.5 Å². The van der Waals surface area contributed by atoms with Crippen molar-refractivity contribution in [1.29, 1.82) is 0 Å². The fraction of sp³-hybridized carbons (Fsp3) is 0.172. The number of benzene rings is 4. The van der Waals surface area contributed by atoms with E-state index in [-0.39, 0.29) is 24.5 Å². The third kappa shape index (κ3) is 7.20. The minimum Gasteiger partial charge on any atom is -0.507 e. The Hall–Kier alpha value is -3.69. The Kier molecular flexibility index (Phi) is 9.51. The number of nitrogens with one attached hydrogen (secondary N) is 1. The van der Waals surface area contributed by atoms with Crippen LogP contribution in [0.2, 0.25) is 0 Å². The number of carbonyl (C=O) groups is 2. The molecule has 2 N–H and O–H groups in total. The molecule has 0 aliphatic carbocycles. The van der Waals surface area contributed by atoms with Gasteiger partial charge in [0.05, 0.1) is 12.4 Å². The molecule has 0 radical (unpaired) electrons. The third-order valence-electron chi connectivity index (χ3n) is 5.73. The Morgan fingerprint density at radius 1 is 0.895 bits per heavy atom. The van der Waals surface area contributed by atoms with Crippen LogP contribution in [0.3, 0.4) is 0 Å². The van der Waals surface area contributed by atoms with E-state index in [1.807, 2.05) is 36.4 Å². The molecule has 196 valence electrons. The van der Waals surface area contributed by atoms with Crippen LogP contribution in [0.5, 0.6) is 11.5 Å². The number of halogens is 1. The monoisotopic (exact) mass is 595 g/mol. The van der Waals surface area contributed by atoms with E-state index in [1.165, 1.54) is 0 Å². The van der Waals surface area contributed by atoms with Gasteiger partial charge in [0.25, 0.3) is 0 Å². The number of amides is 1. The average Bonchev–Trinajstić information content (AvgIpc) is 2.93. The molecule has 7 nitrogen and oxygen atoms in total. The Morgan fingerprint density at radius 3 is 2.29 bits per heavy atom. The molecule has 38 heavy (non-hydrogen) atoms. The number of rotatable bonds is 10. The summed E-state index contributed by atoms with van der Waals surface area (Å²) in [5.74, 6) is 0.142. The maximum Gasteiger partial charge on any atom is 0.412 e. The van der Waals surface area contributed by atoms with Crippen LogP contribution in [0, 0.1) is 0 Å². The van der Waals surface area contributed by atoms with Crippen molar-refractivity contribution in [3.05, 3.63) is 101 Å². The van der Waals surface area contributed by atoms with Crippen LogP contribution in [0.25, 0.3) is 10.8 Å². The van der Waals surface area contributed by atoms with Crippen molar-refractivity contribution in [2.45, 2.75) is 18.6 Å². The molecule has 0 unspecified atom stereocenters. The maximum atomic E-state index is 13.1. The van der Waals surface area contributed by atoms with Gasteiger partial charge in [-0.05, 0) is 47.9 Å². The molecule has 0 fully saturated rings. The van der Waals surface area contributed by atoms with Gasteiger partial charge in [0, 0.05) is 27.5 Å². The van der Waals surface area contributed by atoms with Gasteiger partial charge in [-0.15, -0.1) is 0 Å². The van der Waals surface area contributed by atoms with E-state index in [4.69, 9.17) is 14.2 Å². The number of anilines is 1. The van der Waals surface area contributed by atoms with Crippen molar-refractivity contribution in [1.82, 2.24) is 0 Å². The van der Waals surface area contributed by atoms with E-state index >= 15 is 0 Å². The zero-order valence-corrected chi connectivity index (χ0v) is 22.7. The number of phenolic OH excluding ortho intramolecular Hbond substituents is 1. The van der Waals surface area contributed by atoms with Gasteiger partial charge >= 0.3 is 12.1 Å². The van der Waals surface area contributed by atoms with Crippen LogP contribution < -0.4 is 10.1 Å². The van der Waals surface area contributed by atoms with Gasteiger partial charge in [-0.3, -0.25) is 10.1 Å². The molecule has 0 aromatic heterocycles. The van der Waals surface area contributed by atoms with E-state index < -0.39 is 24.3 Å². The van der Waals surface area contributed by atoms with Crippen LogP contribution in [0.4, 0.5) is 10.5 Å². The standard InChI is InChI=1S/C29H26BrNO6S/c30-19-10-12-20(13-11-19)31-29(34)37-28(24-14-15-25(32)23-9-5-4-8-22(23)24)26(16-17-35-27(33)18-38)36-21-6-2-1-3-7-21/h1-15,26,28,32,38H,16-18H2,(H,31,34)/t26-,28-/m1/s1. The van der Waals surface area contributed by atoms with Crippen molar-refractivity contribution >= 4 is 57.1 Å². The fourth-order valence-electron chi connectivity index (χ4n) is 3.97. The first-order valence-corrected chi connectivity index (χ1v) is 13.3.